The molecule has 21 heavy (non-hydrogen) atoms. The predicted molar refractivity (Wildman–Crippen MR) is 75.6 cm³/mol. The molecule has 0 saturated heterocycles. The molecule has 2 N–H and O–H groups in total. The molecule has 0 atom stereocenters. The minimum atomic E-state index is -3.98. The van der Waals surface area contributed by atoms with Gasteiger partial charge in [-0.2, -0.15) is 8.42 Å². The first-order chi connectivity index (χ1) is 10.1. The molecule has 0 aliphatic carbocycles. The monoisotopic (exact) mass is 304 g/mol. The van der Waals surface area contributed by atoms with E-state index in [1.807, 2.05) is 0 Å². The van der Waals surface area contributed by atoms with Gasteiger partial charge >= 0.3 is 10.1 Å². The van der Waals surface area contributed by atoms with Crippen LogP contribution in [0, 0.1) is 0 Å². The molecule has 0 bridgehead atoms. The lowest BCUT2D eigenvalue weighted by atomic mass is 10.2. The zero-order valence-electron chi connectivity index (χ0n) is 10.9. The third-order valence-electron chi connectivity index (χ3n) is 2.94. The van der Waals surface area contributed by atoms with Crippen LogP contribution in [0.2, 0.25) is 0 Å². The number of aromatic nitrogens is 3. The number of fused-ring (bicyclic) bond motifs is 1. The Kier molecular flexibility index (Phi) is 3.32. The highest BCUT2D eigenvalue weighted by atomic mass is 32.2. The summed E-state index contributed by atoms with van der Waals surface area (Å²) in [6, 6.07) is 13.1. The molecule has 8 heteroatoms. The van der Waals surface area contributed by atoms with E-state index in [0.29, 0.717) is 17.6 Å². The summed E-state index contributed by atoms with van der Waals surface area (Å²) >= 11 is 0. The number of hydrogen-bond acceptors (Lipinski definition) is 6. The zero-order valence-corrected chi connectivity index (χ0v) is 11.7. The second kappa shape index (κ2) is 5.15. The van der Waals surface area contributed by atoms with Gasteiger partial charge in [0.2, 0.25) is 0 Å². The largest absolute Gasteiger partial charge is 0.358 e. The van der Waals surface area contributed by atoms with Crippen LogP contribution in [0.25, 0.3) is 11.0 Å². The molecule has 0 amide bonds. The molecule has 2 aromatic carbocycles. The van der Waals surface area contributed by atoms with Crippen molar-refractivity contribution in [1.29, 1.82) is 0 Å². The van der Waals surface area contributed by atoms with Crippen LogP contribution in [-0.2, 0) is 16.7 Å². The first-order valence-electron chi connectivity index (χ1n) is 6.14. The van der Waals surface area contributed by atoms with Gasteiger partial charge in [-0.15, -0.1) is 5.10 Å². The van der Waals surface area contributed by atoms with Gasteiger partial charge in [0.15, 0.2) is 0 Å². The summed E-state index contributed by atoms with van der Waals surface area (Å²) in [4.78, 5) is 0.917. The van der Waals surface area contributed by atoms with Gasteiger partial charge in [0.25, 0.3) is 0 Å². The maximum absolute atomic E-state index is 12.2. The molecule has 0 saturated carbocycles. The Morgan fingerprint density at radius 2 is 1.81 bits per heavy atom. The predicted octanol–water partition coefficient (Wildman–Crippen LogP) is 0.707. The third kappa shape index (κ3) is 2.58. The molecule has 0 aliphatic heterocycles. The second-order valence-electron chi connectivity index (χ2n) is 4.33. The number of para-hydroxylation sites is 1. The summed E-state index contributed by atoms with van der Waals surface area (Å²) < 4.78 is 29.4. The Hall–Kier alpha value is -2.45. The number of nitrogens with two attached hydrogens (primary N) is 1. The number of rotatable bonds is 4. The van der Waals surface area contributed by atoms with E-state index in [2.05, 4.69) is 10.3 Å². The van der Waals surface area contributed by atoms with Gasteiger partial charge in [0.05, 0.1) is 0 Å². The summed E-state index contributed by atoms with van der Waals surface area (Å²) in [5.74, 6) is 0. The normalized spacial score (nSPS) is 11.7. The van der Waals surface area contributed by atoms with Crippen LogP contribution >= 0.6 is 0 Å². The van der Waals surface area contributed by atoms with Crippen molar-refractivity contribution in [2.75, 3.05) is 0 Å². The highest BCUT2D eigenvalue weighted by molar-refractivity contribution is 7.87. The average Bonchev–Trinajstić information content (AvgIpc) is 2.90. The number of nitrogens with zero attached hydrogens (tertiary/aromatic N) is 3. The van der Waals surface area contributed by atoms with E-state index in [4.69, 9.17) is 10.0 Å². The summed E-state index contributed by atoms with van der Waals surface area (Å²) in [6.45, 7) is 0.342. The van der Waals surface area contributed by atoms with Gasteiger partial charge in [0.1, 0.15) is 15.9 Å². The maximum Gasteiger partial charge on any atom is 0.358 e. The Morgan fingerprint density at radius 3 is 2.52 bits per heavy atom. The highest BCUT2D eigenvalue weighted by Gasteiger charge is 2.19. The van der Waals surface area contributed by atoms with Crippen molar-refractivity contribution >= 4 is 21.2 Å². The molecular weight excluding hydrogens is 292 g/mol. The zero-order chi connectivity index (χ0) is 14.9. The van der Waals surface area contributed by atoms with E-state index in [1.54, 1.807) is 36.4 Å². The van der Waals surface area contributed by atoms with Crippen LogP contribution in [0.1, 0.15) is 5.56 Å². The SMILES string of the molecule is NCc1ccc(S(=O)(=O)On2nnc3ccccc32)cc1. The van der Waals surface area contributed by atoms with E-state index in [-0.39, 0.29) is 4.90 Å². The van der Waals surface area contributed by atoms with Crippen molar-refractivity contribution < 1.29 is 12.7 Å². The molecule has 7 nitrogen and oxygen atoms in total. The maximum atomic E-state index is 12.2. The smallest absolute Gasteiger partial charge is 0.326 e. The molecule has 1 aromatic heterocycles. The van der Waals surface area contributed by atoms with Crippen molar-refractivity contribution in [2.24, 2.45) is 5.73 Å². The molecule has 0 fully saturated rings. The van der Waals surface area contributed by atoms with Crippen LogP contribution in [0.4, 0.5) is 0 Å². The van der Waals surface area contributed by atoms with Gasteiger partial charge in [-0.1, -0.05) is 29.1 Å². The van der Waals surface area contributed by atoms with Gasteiger partial charge in [-0.25, -0.2) is 0 Å². The topological polar surface area (TPSA) is 100 Å². The molecular formula is C13H12N4O3S. The Morgan fingerprint density at radius 1 is 1.10 bits per heavy atom. The van der Waals surface area contributed by atoms with Crippen molar-refractivity contribution in [3.8, 4) is 0 Å². The minimum absolute atomic E-state index is 0.0271. The summed E-state index contributed by atoms with van der Waals surface area (Å²) in [5, 5.41) is 7.52. The number of benzene rings is 2. The molecule has 3 aromatic rings. The van der Waals surface area contributed by atoms with Gasteiger partial charge in [-0.05, 0) is 35.0 Å². The van der Waals surface area contributed by atoms with Crippen molar-refractivity contribution in [1.82, 2.24) is 15.2 Å². The van der Waals surface area contributed by atoms with Gasteiger partial charge in [0, 0.05) is 6.54 Å². The molecule has 0 radical (unpaired) electrons. The molecule has 0 spiro atoms. The fraction of sp³-hybridized carbons (Fsp3) is 0.0769. The number of hydrogen-bond donors (Lipinski definition) is 1. The Bertz CT molecular complexity index is 872. The van der Waals surface area contributed by atoms with Crippen molar-refractivity contribution in [2.45, 2.75) is 11.4 Å². The van der Waals surface area contributed by atoms with E-state index in [9.17, 15) is 8.42 Å². The highest BCUT2D eigenvalue weighted by Crippen LogP contribution is 2.14. The fourth-order valence-electron chi connectivity index (χ4n) is 1.83. The molecule has 108 valence electrons. The first kappa shape index (κ1) is 13.5. The molecule has 1 heterocycles. The first-order valence-corrected chi connectivity index (χ1v) is 7.55. The standard InChI is InChI=1S/C13H12N4O3S/c14-9-10-5-7-11(8-6-10)21(18,19)20-17-13-4-2-1-3-12(13)15-16-17/h1-8H,9,14H2. The van der Waals surface area contributed by atoms with E-state index < -0.39 is 10.1 Å². The van der Waals surface area contributed by atoms with Crippen LogP contribution in [-0.4, -0.2) is 23.6 Å². The van der Waals surface area contributed by atoms with E-state index in [0.717, 1.165) is 10.4 Å². The molecule has 0 unspecified atom stereocenters. The van der Waals surface area contributed by atoms with Crippen LogP contribution in [0.15, 0.2) is 53.4 Å². The van der Waals surface area contributed by atoms with Gasteiger partial charge < -0.3 is 5.73 Å². The van der Waals surface area contributed by atoms with E-state index >= 15 is 0 Å². The summed E-state index contributed by atoms with van der Waals surface area (Å²) in [6.07, 6.45) is 0. The summed E-state index contributed by atoms with van der Waals surface area (Å²) in [7, 11) is -3.98. The lowest BCUT2D eigenvalue weighted by molar-refractivity contribution is 0.245. The lowest BCUT2D eigenvalue weighted by Gasteiger charge is -2.06. The second-order valence-corrected chi connectivity index (χ2v) is 5.86. The minimum Gasteiger partial charge on any atom is -0.326 e. The Labute approximate surface area is 121 Å². The van der Waals surface area contributed by atoms with Crippen LogP contribution in [0.3, 0.4) is 0 Å². The Balaban J connectivity index is 1.95. The third-order valence-corrected chi connectivity index (χ3v) is 4.12. The van der Waals surface area contributed by atoms with Gasteiger partial charge in [-0.3, -0.25) is 4.28 Å². The quantitative estimate of drug-likeness (QED) is 0.762. The summed E-state index contributed by atoms with van der Waals surface area (Å²) in [5.41, 5.74) is 7.33. The van der Waals surface area contributed by atoms with Crippen LogP contribution < -0.4 is 10.0 Å². The lowest BCUT2D eigenvalue weighted by Crippen LogP contribution is -2.21. The average molecular weight is 304 g/mol. The van der Waals surface area contributed by atoms with Crippen molar-refractivity contribution in [3.05, 3.63) is 54.1 Å². The van der Waals surface area contributed by atoms with E-state index in [1.165, 1.54) is 12.1 Å². The molecule has 3 rings (SSSR count). The fourth-order valence-corrected chi connectivity index (χ4v) is 2.68. The van der Waals surface area contributed by atoms with Crippen molar-refractivity contribution in [3.63, 3.8) is 0 Å². The van der Waals surface area contributed by atoms with Crippen LogP contribution in [0.5, 0.6) is 0 Å². The molecule has 0 aliphatic rings.